The molecule has 0 aliphatic heterocycles. The van der Waals surface area contributed by atoms with E-state index in [-0.39, 0.29) is 24.8 Å². The van der Waals surface area contributed by atoms with Gasteiger partial charge in [-0.3, -0.25) is 0 Å². The van der Waals surface area contributed by atoms with Crippen molar-refractivity contribution < 1.29 is 19.3 Å². The van der Waals surface area contributed by atoms with Crippen molar-refractivity contribution in [3.8, 4) is 11.5 Å². The van der Waals surface area contributed by atoms with Crippen LogP contribution in [0.15, 0.2) is 36.7 Å². The molecule has 146 valence electrons. The first-order valence-corrected chi connectivity index (χ1v) is 8.02. The summed E-state index contributed by atoms with van der Waals surface area (Å²) in [6, 6.07) is 6.70. The van der Waals surface area contributed by atoms with Gasteiger partial charge in [-0.25, -0.2) is 19.1 Å². The second-order valence-corrected chi connectivity index (χ2v) is 5.75. The molecule has 0 fully saturated rings. The molecular formula is C16H16N6O6. The summed E-state index contributed by atoms with van der Waals surface area (Å²) in [5.74, 6) is 1.68. The molecule has 0 unspecified atom stereocenters. The molecule has 0 radical (unpaired) electrons. The van der Waals surface area contributed by atoms with Crippen LogP contribution in [0.25, 0.3) is 0 Å². The van der Waals surface area contributed by atoms with Crippen molar-refractivity contribution in [3.63, 3.8) is 0 Å². The molecule has 0 aliphatic rings. The van der Waals surface area contributed by atoms with Crippen LogP contribution in [0.4, 0.5) is 11.6 Å². The Hall–Kier alpha value is -3.96. The van der Waals surface area contributed by atoms with Crippen LogP contribution >= 0.6 is 0 Å². The van der Waals surface area contributed by atoms with E-state index in [0.717, 1.165) is 0 Å². The van der Waals surface area contributed by atoms with Gasteiger partial charge in [0, 0.05) is 0 Å². The molecule has 12 nitrogen and oxygen atoms in total. The highest BCUT2D eigenvalue weighted by atomic mass is 16.6. The van der Waals surface area contributed by atoms with Crippen LogP contribution in [-0.4, -0.2) is 28.9 Å². The Bertz CT molecular complexity index is 928. The van der Waals surface area contributed by atoms with Gasteiger partial charge in [0.2, 0.25) is 11.6 Å². The van der Waals surface area contributed by atoms with E-state index in [1.807, 2.05) is 0 Å². The number of benzene rings is 1. The predicted octanol–water partition coefficient (Wildman–Crippen LogP) is 2.13. The molecule has 0 atom stereocenters. The molecule has 2 heterocycles. The van der Waals surface area contributed by atoms with Crippen LogP contribution in [0, 0.1) is 20.2 Å². The van der Waals surface area contributed by atoms with Crippen molar-refractivity contribution in [2.24, 2.45) is 14.1 Å². The summed E-state index contributed by atoms with van der Waals surface area (Å²) in [5, 5.41) is 21.6. The number of hydrogen-bond acceptors (Lipinski definition) is 8. The van der Waals surface area contributed by atoms with Gasteiger partial charge in [-0.1, -0.05) is 0 Å². The summed E-state index contributed by atoms with van der Waals surface area (Å²) < 4.78 is 13.9. The molecule has 0 saturated heterocycles. The maximum atomic E-state index is 10.8. The first-order chi connectivity index (χ1) is 13.4. The highest BCUT2D eigenvalue weighted by molar-refractivity contribution is 5.31. The van der Waals surface area contributed by atoms with E-state index in [4.69, 9.17) is 9.47 Å². The number of rotatable bonds is 8. The smallest absolute Gasteiger partial charge is 0.342 e. The van der Waals surface area contributed by atoms with Crippen molar-refractivity contribution >= 4 is 11.6 Å². The third-order valence-electron chi connectivity index (χ3n) is 4.05. The SMILES string of the molecule is Cn1c([N+](=O)[O-])cnc1COc1ccc(OCc2ncc([N+](=O)[O-])n2C)cc1. The minimum atomic E-state index is -0.515. The Morgan fingerprint density at radius 1 is 0.821 bits per heavy atom. The van der Waals surface area contributed by atoms with Gasteiger partial charge in [0.15, 0.2) is 13.2 Å². The van der Waals surface area contributed by atoms with Gasteiger partial charge < -0.3 is 29.7 Å². The third kappa shape index (κ3) is 3.90. The molecule has 12 heteroatoms. The van der Waals surface area contributed by atoms with Crippen LogP contribution in [0.3, 0.4) is 0 Å². The maximum absolute atomic E-state index is 10.8. The lowest BCUT2D eigenvalue weighted by Crippen LogP contribution is -2.06. The minimum absolute atomic E-state index is 0.0709. The quantitative estimate of drug-likeness (QED) is 0.422. The van der Waals surface area contributed by atoms with E-state index >= 15 is 0 Å². The predicted molar refractivity (Wildman–Crippen MR) is 94.8 cm³/mol. The standard InChI is InChI=1S/C16H16N6O6/c1-19-13(17-7-15(19)21(23)24)9-27-11-3-5-12(6-4-11)28-10-14-18-8-16(20(14)2)22(25)26/h3-8H,9-10H2,1-2H3. The molecule has 0 aliphatic carbocycles. The van der Waals surface area contributed by atoms with Gasteiger partial charge in [0.1, 0.15) is 23.9 Å². The number of ether oxygens (including phenoxy) is 2. The molecule has 0 bridgehead atoms. The van der Waals surface area contributed by atoms with Crippen molar-refractivity contribution in [3.05, 3.63) is 68.5 Å². The average Bonchev–Trinajstić information content (AvgIpc) is 3.22. The van der Waals surface area contributed by atoms with Gasteiger partial charge in [-0.05, 0) is 34.1 Å². The van der Waals surface area contributed by atoms with Gasteiger partial charge in [-0.15, -0.1) is 0 Å². The first kappa shape index (κ1) is 18.8. The lowest BCUT2D eigenvalue weighted by Gasteiger charge is -2.07. The molecule has 0 N–H and O–H groups in total. The number of aromatic nitrogens is 4. The number of nitrogens with zero attached hydrogens (tertiary/aromatic N) is 6. The van der Waals surface area contributed by atoms with Crippen LogP contribution in [-0.2, 0) is 27.3 Å². The normalized spacial score (nSPS) is 10.6. The summed E-state index contributed by atoms with van der Waals surface area (Å²) in [7, 11) is 3.09. The van der Waals surface area contributed by atoms with E-state index < -0.39 is 9.85 Å². The summed E-state index contributed by atoms with van der Waals surface area (Å²) in [5.41, 5.74) is 0. The van der Waals surface area contributed by atoms with Gasteiger partial charge in [0.25, 0.3) is 0 Å². The highest BCUT2D eigenvalue weighted by Crippen LogP contribution is 2.21. The fourth-order valence-electron chi connectivity index (χ4n) is 2.41. The van der Waals surface area contributed by atoms with Crippen LogP contribution in [0.2, 0.25) is 0 Å². The zero-order valence-corrected chi connectivity index (χ0v) is 15.0. The Morgan fingerprint density at radius 3 is 1.46 bits per heavy atom. The molecule has 2 aromatic heterocycles. The fraction of sp³-hybridized carbons (Fsp3) is 0.250. The highest BCUT2D eigenvalue weighted by Gasteiger charge is 2.18. The van der Waals surface area contributed by atoms with Crippen molar-refractivity contribution in [1.29, 1.82) is 0 Å². The van der Waals surface area contributed by atoms with E-state index in [0.29, 0.717) is 23.1 Å². The van der Waals surface area contributed by atoms with Gasteiger partial charge >= 0.3 is 11.6 Å². The van der Waals surface area contributed by atoms with Crippen molar-refractivity contribution in [2.45, 2.75) is 13.2 Å². The maximum Gasteiger partial charge on any atom is 0.342 e. The summed E-state index contributed by atoms with van der Waals surface area (Å²) >= 11 is 0. The first-order valence-electron chi connectivity index (χ1n) is 8.02. The molecule has 3 rings (SSSR count). The van der Waals surface area contributed by atoms with E-state index in [1.54, 1.807) is 38.4 Å². The van der Waals surface area contributed by atoms with Gasteiger partial charge in [-0.2, -0.15) is 0 Å². The minimum Gasteiger partial charge on any atom is -0.483 e. The second-order valence-electron chi connectivity index (χ2n) is 5.75. The topological polar surface area (TPSA) is 140 Å². The van der Waals surface area contributed by atoms with E-state index in [2.05, 4.69) is 9.97 Å². The number of hydrogen-bond donors (Lipinski definition) is 0. The fourth-order valence-corrected chi connectivity index (χ4v) is 2.41. The lowest BCUT2D eigenvalue weighted by molar-refractivity contribution is -0.392. The lowest BCUT2D eigenvalue weighted by atomic mass is 10.3. The van der Waals surface area contributed by atoms with E-state index in [9.17, 15) is 20.2 Å². The molecular weight excluding hydrogens is 372 g/mol. The number of nitro groups is 2. The zero-order chi connectivity index (χ0) is 20.3. The van der Waals surface area contributed by atoms with E-state index in [1.165, 1.54) is 21.5 Å². The number of imidazole rings is 2. The monoisotopic (exact) mass is 388 g/mol. The molecule has 3 aromatic rings. The van der Waals surface area contributed by atoms with Gasteiger partial charge in [0.05, 0.1) is 14.1 Å². The molecule has 1 aromatic carbocycles. The van der Waals surface area contributed by atoms with Crippen LogP contribution in [0.1, 0.15) is 11.6 Å². The summed E-state index contributed by atoms with van der Waals surface area (Å²) in [6.07, 6.45) is 2.36. The van der Waals surface area contributed by atoms with Crippen molar-refractivity contribution in [2.75, 3.05) is 0 Å². The molecule has 0 saturated carbocycles. The average molecular weight is 388 g/mol. The van der Waals surface area contributed by atoms with Crippen LogP contribution in [0.5, 0.6) is 11.5 Å². The Morgan fingerprint density at radius 2 is 1.18 bits per heavy atom. The van der Waals surface area contributed by atoms with Crippen molar-refractivity contribution in [1.82, 2.24) is 19.1 Å². The Balaban J connectivity index is 1.56. The third-order valence-corrected chi connectivity index (χ3v) is 4.05. The summed E-state index contributed by atoms with van der Waals surface area (Å²) in [4.78, 5) is 28.5. The Kier molecular flexibility index (Phi) is 5.20. The molecule has 0 spiro atoms. The largest absolute Gasteiger partial charge is 0.483 e. The Labute approximate surface area is 158 Å². The second kappa shape index (κ2) is 7.73. The molecule has 0 amide bonds. The zero-order valence-electron chi connectivity index (χ0n) is 15.0. The van der Waals surface area contributed by atoms with Crippen LogP contribution < -0.4 is 9.47 Å². The molecule has 28 heavy (non-hydrogen) atoms. The summed E-state index contributed by atoms with van der Waals surface area (Å²) in [6.45, 7) is 0.142.